The van der Waals surface area contributed by atoms with Crippen molar-refractivity contribution >= 4 is 27.5 Å². The molecule has 0 aromatic heterocycles. The summed E-state index contributed by atoms with van der Waals surface area (Å²) >= 11 is 9.56. The molecule has 19 heavy (non-hydrogen) atoms. The van der Waals surface area contributed by atoms with E-state index < -0.39 is 0 Å². The van der Waals surface area contributed by atoms with Crippen LogP contribution in [0, 0.1) is 6.92 Å². The first-order valence-corrected chi connectivity index (χ1v) is 7.48. The van der Waals surface area contributed by atoms with Gasteiger partial charge in [0.2, 0.25) is 0 Å². The summed E-state index contributed by atoms with van der Waals surface area (Å²) in [6.45, 7) is 5.10. The Balaban J connectivity index is 2.04. The van der Waals surface area contributed by atoms with Crippen molar-refractivity contribution < 1.29 is 0 Å². The van der Waals surface area contributed by atoms with Gasteiger partial charge in [0.05, 0.1) is 0 Å². The summed E-state index contributed by atoms with van der Waals surface area (Å²) in [7, 11) is 0. The molecule has 0 fully saturated rings. The summed E-state index contributed by atoms with van der Waals surface area (Å²) in [4.78, 5) is 0. The summed E-state index contributed by atoms with van der Waals surface area (Å²) < 4.78 is 1.14. The first-order valence-electron chi connectivity index (χ1n) is 6.31. The molecule has 1 N–H and O–H groups in total. The first-order chi connectivity index (χ1) is 9.08. The Kier molecular flexibility index (Phi) is 5.03. The van der Waals surface area contributed by atoms with E-state index in [1.54, 1.807) is 0 Å². The van der Waals surface area contributed by atoms with Crippen LogP contribution in [-0.2, 0) is 6.54 Å². The molecule has 2 aromatic carbocycles. The van der Waals surface area contributed by atoms with Crippen LogP contribution in [-0.4, -0.2) is 0 Å². The van der Waals surface area contributed by atoms with Gasteiger partial charge >= 0.3 is 0 Å². The minimum atomic E-state index is 0.297. The molecule has 0 radical (unpaired) electrons. The Bertz CT molecular complexity index is 568. The van der Waals surface area contributed by atoms with Gasteiger partial charge in [-0.25, -0.2) is 0 Å². The van der Waals surface area contributed by atoms with E-state index in [1.807, 2.05) is 18.2 Å². The van der Waals surface area contributed by atoms with Crippen LogP contribution in [0.25, 0.3) is 0 Å². The molecule has 0 unspecified atom stereocenters. The standard InChI is InChI=1S/C16H17BrClN/c1-11-9-14(18)8-7-13(11)10-19-12(2)15-5-3-4-6-16(15)17/h3-9,12,19H,10H2,1-2H3/t12-/m0/s1. The molecule has 0 aliphatic carbocycles. The number of aryl methyl sites for hydroxylation is 1. The second-order valence-corrected chi connectivity index (χ2v) is 5.99. The van der Waals surface area contributed by atoms with Gasteiger partial charge in [-0.15, -0.1) is 0 Å². The number of hydrogen-bond donors (Lipinski definition) is 1. The topological polar surface area (TPSA) is 12.0 Å². The highest BCUT2D eigenvalue weighted by Gasteiger charge is 2.08. The van der Waals surface area contributed by atoms with Gasteiger partial charge in [-0.05, 0) is 48.7 Å². The fourth-order valence-corrected chi connectivity index (χ4v) is 2.91. The van der Waals surface area contributed by atoms with Gasteiger partial charge in [-0.2, -0.15) is 0 Å². The fourth-order valence-electron chi connectivity index (χ4n) is 2.06. The third-order valence-corrected chi connectivity index (χ3v) is 4.23. The van der Waals surface area contributed by atoms with Crippen LogP contribution in [0.4, 0.5) is 0 Å². The molecule has 0 saturated heterocycles. The molecule has 0 aliphatic rings. The SMILES string of the molecule is Cc1cc(Cl)ccc1CN[C@@H](C)c1ccccc1Br. The summed E-state index contributed by atoms with van der Waals surface area (Å²) in [5.74, 6) is 0. The minimum absolute atomic E-state index is 0.297. The van der Waals surface area contributed by atoms with Crippen LogP contribution < -0.4 is 5.32 Å². The van der Waals surface area contributed by atoms with Crippen molar-refractivity contribution in [3.63, 3.8) is 0 Å². The number of halogens is 2. The normalized spacial score (nSPS) is 12.4. The van der Waals surface area contributed by atoms with E-state index in [0.29, 0.717) is 6.04 Å². The number of hydrogen-bond acceptors (Lipinski definition) is 1. The Labute approximate surface area is 128 Å². The monoisotopic (exact) mass is 337 g/mol. The first kappa shape index (κ1) is 14.6. The molecule has 2 aromatic rings. The second kappa shape index (κ2) is 6.56. The van der Waals surface area contributed by atoms with Crippen molar-refractivity contribution in [1.29, 1.82) is 0 Å². The largest absolute Gasteiger partial charge is 0.306 e. The van der Waals surface area contributed by atoms with E-state index in [4.69, 9.17) is 11.6 Å². The van der Waals surface area contributed by atoms with Gasteiger partial charge in [-0.3, -0.25) is 0 Å². The lowest BCUT2D eigenvalue weighted by molar-refractivity contribution is 0.571. The fraction of sp³-hybridized carbons (Fsp3) is 0.250. The quantitative estimate of drug-likeness (QED) is 0.801. The van der Waals surface area contributed by atoms with Crippen LogP contribution >= 0.6 is 27.5 Å². The van der Waals surface area contributed by atoms with Gasteiger partial charge in [0.1, 0.15) is 0 Å². The zero-order valence-electron chi connectivity index (χ0n) is 11.1. The molecule has 0 aliphatic heterocycles. The Morgan fingerprint density at radius 1 is 1.21 bits per heavy atom. The summed E-state index contributed by atoms with van der Waals surface area (Å²) in [6.07, 6.45) is 0. The van der Waals surface area contributed by atoms with Gasteiger partial charge < -0.3 is 5.32 Å². The lowest BCUT2D eigenvalue weighted by atomic mass is 10.1. The highest BCUT2D eigenvalue weighted by molar-refractivity contribution is 9.10. The highest BCUT2D eigenvalue weighted by Crippen LogP contribution is 2.23. The molecule has 0 spiro atoms. The van der Waals surface area contributed by atoms with Crippen LogP contribution in [0.5, 0.6) is 0 Å². The van der Waals surface area contributed by atoms with Crippen molar-refractivity contribution in [1.82, 2.24) is 5.32 Å². The van der Waals surface area contributed by atoms with E-state index in [2.05, 4.69) is 59.4 Å². The van der Waals surface area contributed by atoms with E-state index in [0.717, 1.165) is 16.0 Å². The minimum Gasteiger partial charge on any atom is -0.306 e. The van der Waals surface area contributed by atoms with Crippen molar-refractivity contribution in [3.05, 3.63) is 68.7 Å². The molecule has 0 saturated carbocycles. The van der Waals surface area contributed by atoms with Crippen LogP contribution in [0.3, 0.4) is 0 Å². The zero-order chi connectivity index (χ0) is 13.8. The van der Waals surface area contributed by atoms with Gasteiger partial charge in [-0.1, -0.05) is 51.8 Å². The number of rotatable bonds is 4. The molecule has 100 valence electrons. The third kappa shape index (κ3) is 3.82. The summed E-state index contributed by atoms with van der Waals surface area (Å²) in [6, 6.07) is 14.6. The molecule has 0 bridgehead atoms. The van der Waals surface area contributed by atoms with Crippen molar-refractivity contribution in [2.45, 2.75) is 26.4 Å². The summed E-state index contributed by atoms with van der Waals surface area (Å²) in [5.41, 5.74) is 3.77. The molecular formula is C16H17BrClN. The third-order valence-electron chi connectivity index (χ3n) is 3.28. The van der Waals surface area contributed by atoms with E-state index >= 15 is 0 Å². The predicted octanol–water partition coefficient (Wildman–Crippen LogP) is 5.26. The highest BCUT2D eigenvalue weighted by atomic mass is 79.9. The average molecular weight is 339 g/mol. The molecule has 2 rings (SSSR count). The van der Waals surface area contributed by atoms with E-state index in [9.17, 15) is 0 Å². The molecular weight excluding hydrogens is 322 g/mol. The predicted molar refractivity (Wildman–Crippen MR) is 85.6 cm³/mol. The Hall–Kier alpha value is -0.830. The van der Waals surface area contributed by atoms with E-state index in [1.165, 1.54) is 16.7 Å². The maximum absolute atomic E-state index is 5.97. The van der Waals surface area contributed by atoms with E-state index in [-0.39, 0.29) is 0 Å². The molecule has 1 nitrogen and oxygen atoms in total. The van der Waals surface area contributed by atoms with Crippen molar-refractivity contribution in [2.24, 2.45) is 0 Å². The van der Waals surface area contributed by atoms with Crippen LogP contribution in [0.15, 0.2) is 46.9 Å². The van der Waals surface area contributed by atoms with Gasteiger partial charge in [0.15, 0.2) is 0 Å². The van der Waals surface area contributed by atoms with Crippen molar-refractivity contribution in [3.8, 4) is 0 Å². The van der Waals surface area contributed by atoms with Crippen LogP contribution in [0.1, 0.15) is 29.7 Å². The maximum atomic E-state index is 5.97. The molecule has 0 heterocycles. The number of benzene rings is 2. The maximum Gasteiger partial charge on any atom is 0.0408 e. The Morgan fingerprint density at radius 3 is 2.63 bits per heavy atom. The van der Waals surface area contributed by atoms with Crippen molar-refractivity contribution in [2.75, 3.05) is 0 Å². The second-order valence-electron chi connectivity index (χ2n) is 4.69. The zero-order valence-corrected chi connectivity index (χ0v) is 13.4. The lowest BCUT2D eigenvalue weighted by Gasteiger charge is -2.17. The van der Waals surface area contributed by atoms with Crippen LogP contribution in [0.2, 0.25) is 5.02 Å². The molecule has 3 heteroatoms. The van der Waals surface area contributed by atoms with Gasteiger partial charge in [0, 0.05) is 22.1 Å². The lowest BCUT2D eigenvalue weighted by Crippen LogP contribution is -2.19. The molecule has 0 amide bonds. The summed E-state index contributed by atoms with van der Waals surface area (Å²) in [5, 5.41) is 4.33. The number of nitrogens with one attached hydrogen (secondary N) is 1. The Morgan fingerprint density at radius 2 is 1.95 bits per heavy atom. The van der Waals surface area contributed by atoms with Gasteiger partial charge in [0.25, 0.3) is 0 Å². The smallest absolute Gasteiger partial charge is 0.0408 e. The average Bonchev–Trinajstić information content (AvgIpc) is 2.38. The molecule has 1 atom stereocenters.